The number of thiophene rings is 2. The summed E-state index contributed by atoms with van der Waals surface area (Å²) in [6.45, 7) is 6.42. The number of anilines is 2. The van der Waals surface area contributed by atoms with E-state index in [0.717, 1.165) is 22.7 Å². The van der Waals surface area contributed by atoms with Crippen molar-refractivity contribution in [3.63, 3.8) is 0 Å². The van der Waals surface area contributed by atoms with Crippen LogP contribution in [-0.2, 0) is 9.47 Å². The molecule has 0 aliphatic rings. The first kappa shape index (κ1) is 30.0. The molecule has 0 atom stereocenters. The normalized spacial score (nSPS) is 10.5. The Morgan fingerprint density at radius 2 is 1.10 bits per heavy atom. The molecule has 0 aliphatic carbocycles. The lowest BCUT2D eigenvalue weighted by atomic mass is 10.1. The molecule has 14 heteroatoms. The van der Waals surface area contributed by atoms with Crippen LogP contribution in [-0.4, -0.2) is 48.8 Å². The molecule has 1 aromatic carbocycles. The van der Waals surface area contributed by atoms with Crippen LogP contribution in [0, 0.1) is 13.8 Å². The molecule has 0 spiro atoms. The molecule has 0 bridgehead atoms. The summed E-state index contributed by atoms with van der Waals surface area (Å²) < 4.78 is 10.1. The predicted octanol–water partition coefficient (Wildman–Crippen LogP) is 3.48. The van der Waals surface area contributed by atoms with Gasteiger partial charge in [0.1, 0.15) is 10.0 Å². The molecule has 0 saturated carbocycles. The lowest BCUT2D eigenvalue weighted by Crippen LogP contribution is -2.17. The summed E-state index contributed by atoms with van der Waals surface area (Å²) in [5, 5.41) is 5.31. The van der Waals surface area contributed by atoms with Gasteiger partial charge in [0.2, 0.25) is 0 Å². The van der Waals surface area contributed by atoms with E-state index in [1.807, 2.05) is 0 Å². The Bertz CT molecular complexity index is 1430. The van der Waals surface area contributed by atoms with E-state index in [9.17, 15) is 28.8 Å². The average molecular weight is 587 g/mol. The van der Waals surface area contributed by atoms with Crippen molar-refractivity contribution >= 4 is 68.2 Å². The van der Waals surface area contributed by atoms with Crippen molar-refractivity contribution in [2.45, 2.75) is 27.7 Å². The van der Waals surface area contributed by atoms with Gasteiger partial charge in [-0.25, -0.2) is 9.59 Å². The number of nitrogens with one attached hydrogen (secondary N) is 2. The summed E-state index contributed by atoms with van der Waals surface area (Å²) in [4.78, 5) is 75.0. The third-order valence-corrected chi connectivity index (χ3v) is 7.98. The number of carbonyl (C=O) groups excluding carboxylic acids is 6. The van der Waals surface area contributed by atoms with E-state index in [2.05, 4.69) is 10.6 Å². The quantitative estimate of drug-likeness (QED) is 0.259. The Hall–Kier alpha value is -4.56. The van der Waals surface area contributed by atoms with Crippen molar-refractivity contribution in [1.29, 1.82) is 0 Å². The van der Waals surface area contributed by atoms with Gasteiger partial charge in [0.25, 0.3) is 23.6 Å². The molecular weight excluding hydrogens is 560 g/mol. The van der Waals surface area contributed by atoms with Gasteiger partial charge in [0, 0.05) is 11.1 Å². The molecule has 6 N–H and O–H groups in total. The number of hydrogen-bond acceptors (Lipinski definition) is 10. The number of benzene rings is 1. The van der Waals surface area contributed by atoms with Crippen LogP contribution in [0.1, 0.15) is 85.7 Å². The number of amides is 4. The van der Waals surface area contributed by atoms with Gasteiger partial charge in [-0.3, -0.25) is 19.2 Å². The fourth-order valence-electron chi connectivity index (χ4n) is 3.72. The third kappa shape index (κ3) is 6.18. The number of nitrogens with two attached hydrogens (primary N) is 2. The molecule has 0 saturated heterocycles. The monoisotopic (exact) mass is 586 g/mol. The molecule has 0 radical (unpaired) electrons. The van der Waals surface area contributed by atoms with Crippen LogP contribution in [0.4, 0.5) is 10.0 Å². The highest BCUT2D eigenvalue weighted by molar-refractivity contribution is 7.19. The molecule has 210 valence electrons. The molecule has 0 fully saturated rings. The van der Waals surface area contributed by atoms with E-state index >= 15 is 0 Å². The minimum absolute atomic E-state index is 0.00714. The summed E-state index contributed by atoms with van der Waals surface area (Å²) >= 11 is 1.66. The second-order valence-corrected chi connectivity index (χ2v) is 10.2. The molecule has 12 nitrogen and oxygen atoms in total. The first-order chi connectivity index (χ1) is 18.9. The molecule has 0 aliphatic heterocycles. The number of ether oxygens (including phenoxy) is 2. The molecule has 3 rings (SSSR count). The highest BCUT2D eigenvalue weighted by Crippen LogP contribution is 2.35. The lowest BCUT2D eigenvalue weighted by molar-refractivity contribution is 0.0517. The van der Waals surface area contributed by atoms with Crippen LogP contribution in [0.5, 0.6) is 0 Å². The van der Waals surface area contributed by atoms with E-state index in [-0.39, 0.29) is 66.4 Å². The third-order valence-electron chi connectivity index (χ3n) is 5.54. The maximum absolute atomic E-state index is 13.1. The van der Waals surface area contributed by atoms with Crippen LogP contribution < -0.4 is 22.1 Å². The number of primary amides is 2. The van der Waals surface area contributed by atoms with Crippen molar-refractivity contribution in [1.82, 2.24) is 0 Å². The minimum Gasteiger partial charge on any atom is -0.462 e. The Morgan fingerprint density at radius 1 is 0.725 bits per heavy atom. The Kier molecular flexibility index (Phi) is 9.39. The van der Waals surface area contributed by atoms with Crippen molar-refractivity contribution in [2.75, 3.05) is 23.8 Å². The lowest BCUT2D eigenvalue weighted by Gasteiger charge is -2.09. The maximum Gasteiger partial charge on any atom is 0.341 e. The summed E-state index contributed by atoms with van der Waals surface area (Å²) in [5.74, 6) is -4.34. The molecule has 4 amide bonds. The maximum atomic E-state index is 13.1. The van der Waals surface area contributed by atoms with Crippen LogP contribution in [0.15, 0.2) is 24.3 Å². The fourth-order valence-corrected chi connectivity index (χ4v) is 5.81. The van der Waals surface area contributed by atoms with Gasteiger partial charge in [0.05, 0.1) is 34.1 Å². The van der Waals surface area contributed by atoms with Gasteiger partial charge in [-0.15, -0.1) is 22.7 Å². The van der Waals surface area contributed by atoms with Crippen LogP contribution >= 0.6 is 22.7 Å². The van der Waals surface area contributed by atoms with Crippen molar-refractivity contribution in [3.8, 4) is 0 Å². The van der Waals surface area contributed by atoms with Gasteiger partial charge in [-0.1, -0.05) is 6.07 Å². The summed E-state index contributed by atoms with van der Waals surface area (Å²) in [7, 11) is 0. The fraction of sp³-hybridized carbons (Fsp3) is 0.231. The largest absolute Gasteiger partial charge is 0.462 e. The molecule has 2 heterocycles. The topological polar surface area (TPSA) is 197 Å². The zero-order valence-corrected chi connectivity index (χ0v) is 23.6. The minimum atomic E-state index is -0.766. The SMILES string of the molecule is CCOC(=O)c1c(NC(=O)c2cccc(C(=O)Nc3sc(C(N)=O)c(C)c3C(=O)OCC)c2)sc(C(N)=O)c1C. The standard InChI is InChI=1S/C26H26N4O8S2/c1-5-37-25(35)15-11(3)17(19(27)31)39-23(15)29-21(33)13-8-7-9-14(10-13)22(34)30-24-16(26(36)38-6-2)12(4)18(40-24)20(28)32/h7-10H,5-6H2,1-4H3,(H2,27,31)(H2,28,32)(H,29,33)(H,30,34). The van der Waals surface area contributed by atoms with E-state index < -0.39 is 35.6 Å². The van der Waals surface area contributed by atoms with E-state index in [1.54, 1.807) is 13.8 Å². The Labute approximate surface area is 236 Å². The first-order valence-electron chi connectivity index (χ1n) is 11.8. The first-order valence-corrected chi connectivity index (χ1v) is 13.5. The van der Waals surface area contributed by atoms with E-state index in [1.165, 1.54) is 38.1 Å². The van der Waals surface area contributed by atoms with Crippen LogP contribution in [0.3, 0.4) is 0 Å². The van der Waals surface area contributed by atoms with E-state index in [4.69, 9.17) is 20.9 Å². The van der Waals surface area contributed by atoms with Crippen molar-refractivity contribution in [3.05, 3.63) is 67.4 Å². The molecule has 40 heavy (non-hydrogen) atoms. The number of rotatable bonds is 10. The summed E-state index contributed by atoms with van der Waals surface area (Å²) in [5.41, 5.74) is 11.5. The zero-order chi connectivity index (χ0) is 29.7. The smallest absolute Gasteiger partial charge is 0.341 e. The van der Waals surface area contributed by atoms with Gasteiger partial charge < -0.3 is 31.6 Å². The summed E-state index contributed by atoms with van der Waals surface area (Å²) in [6, 6.07) is 5.64. The second kappa shape index (κ2) is 12.5. The van der Waals surface area contributed by atoms with Crippen LogP contribution in [0.25, 0.3) is 0 Å². The van der Waals surface area contributed by atoms with Gasteiger partial charge >= 0.3 is 11.9 Å². The Balaban J connectivity index is 1.91. The highest BCUT2D eigenvalue weighted by atomic mass is 32.1. The average Bonchev–Trinajstić information content (AvgIpc) is 3.40. The highest BCUT2D eigenvalue weighted by Gasteiger charge is 2.28. The van der Waals surface area contributed by atoms with Crippen molar-refractivity contribution in [2.24, 2.45) is 11.5 Å². The summed E-state index contributed by atoms with van der Waals surface area (Å²) in [6.07, 6.45) is 0. The number of esters is 2. The van der Waals surface area contributed by atoms with Crippen LogP contribution in [0.2, 0.25) is 0 Å². The molecular formula is C26H26N4O8S2. The van der Waals surface area contributed by atoms with Gasteiger partial charge in [-0.05, 0) is 57.0 Å². The van der Waals surface area contributed by atoms with Crippen molar-refractivity contribution < 1.29 is 38.2 Å². The second-order valence-electron chi connectivity index (χ2n) is 8.18. The van der Waals surface area contributed by atoms with Gasteiger partial charge in [-0.2, -0.15) is 0 Å². The Morgan fingerprint density at radius 3 is 1.43 bits per heavy atom. The zero-order valence-electron chi connectivity index (χ0n) is 22.0. The molecule has 3 aromatic rings. The van der Waals surface area contributed by atoms with E-state index in [0.29, 0.717) is 0 Å². The predicted molar refractivity (Wildman–Crippen MR) is 149 cm³/mol. The molecule has 0 unspecified atom stereocenters. The molecule has 2 aromatic heterocycles. The van der Waals surface area contributed by atoms with Gasteiger partial charge in [0.15, 0.2) is 0 Å². The number of hydrogen-bond donors (Lipinski definition) is 4. The number of carbonyl (C=O) groups is 6.